The van der Waals surface area contributed by atoms with Gasteiger partial charge in [0.1, 0.15) is 11.9 Å². The molecule has 1 aromatic rings. The van der Waals surface area contributed by atoms with Crippen molar-refractivity contribution in [2.75, 3.05) is 6.54 Å². The molecule has 4 saturated carbocycles. The topological polar surface area (TPSA) is 58.6 Å². The van der Waals surface area contributed by atoms with Gasteiger partial charge in [-0.25, -0.2) is 0 Å². The maximum Gasteiger partial charge on any atom is 0.220 e. The Morgan fingerprint density at radius 2 is 1.96 bits per heavy atom. The first-order valence-electron chi connectivity index (χ1n) is 10.2. The standard InChI is InChI=1S/C22H29NO3/c24-20(23-13-18-6-5-17-3-1-2-4-19(17)26-18)12-21-8-15-7-16(9-21)11-22(25,10-15)14-21/h1-4,15-16,18,25H,5-14H2,(H,23,24)/t15-,16+,18-,21?,22?/m1/s1. The van der Waals surface area contributed by atoms with Crippen LogP contribution in [-0.2, 0) is 11.2 Å². The van der Waals surface area contributed by atoms with Crippen molar-refractivity contribution in [2.45, 2.75) is 69.5 Å². The number of hydrogen-bond acceptors (Lipinski definition) is 3. The van der Waals surface area contributed by atoms with Gasteiger partial charge in [-0.2, -0.15) is 0 Å². The van der Waals surface area contributed by atoms with Crippen LogP contribution >= 0.6 is 0 Å². The molecule has 140 valence electrons. The predicted octanol–water partition coefficient (Wildman–Crippen LogP) is 3.22. The summed E-state index contributed by atoms with van der Waals surface area (Å²) in [5, 5.41) is 14.0. The summed E-state index contributed by atoms with van der Waals surface area (Å²) in [6.45, 7) is 0.584. The summed E-state index contributed by atoms with van der Waals surface area (Å²) < 4.78 is 6.04. The van der Waals surface area contributed by atoms with Crippen molar-refractivity contribution in [1.29, 1.82) is 0 Å². The lowest BCUT2D eigenvalue weighted by Crippen LogP contribution is -2.56. The molecule has 1 aliphatic heterocycles. The van der Waals surface area contributed by atoms with Crippen molar-refractivity contribution in [3.05, 3.63) is 29.8 Å². The van der Waals surface area contributed by atoms with Gasteiger partial charge in [-0.15, -0.1) is 0 Å². The van der Waals surface area contributed by atoms with E-state index < -0.39 is 5.60 Å². The van der Waals surface area contributed by atoms with E-state index in [2.05, 4.69) is 11.4 Å². The summed E-state index contributed by atoms with van der Waals surface area (Å²) >= 11 is 0. The number of fused-ring (bicyclic) bond motifs is 1. The van der Waals surface area contributed by atoms with Crippen molar-refractivity contribution in [2.24, 2.45) is 17.3 Å². The molecule has 0 aromatic heterocycles. The smallest absolute Gasteiger partial charge is 0.220 e. The highest BCUT2D eigenvalue weighted by atomic mass is 16.5. The molecule has 6 rings (SSSR count). The van der Waals surface area contributed by atoms with E-state index in [0.29, 0.717) is 24.8 Å². The number of carbonyl (C=O) groups excluding carboxylic acids is 1. The SMILES string of the molecule is O=C(CC12C[C@@H]3C[C@@H](CC(O)(C3)C1)C2)NC[C@H]1CCc2ccccc2O1. The molecule has 4 aliphatic carbocycles. The highest BCUT2D eigenvalue weighted by Crippen LogP contribution is 2.62. The number of ether oxygens (including phenoxy) is 1. The number of aryl methyl sites for hydroxylation is 1. The maximum absolute atomic E-state index is 12.7. The number of nitrogens with one attached hydrogen (secondary N) is 1. The Hall–Kier alpha value is -1.55. The van der Waals surface area contributed by atoms with Crippen molar-refractivity contribution in [3.8, 4) is 5.75 Å². The van der Waals surface area contributed by atoms with E-state index in [-0.39, 0.29) is 17.4 Å². The number of aliphatic hydroxyl groups is 1. The van der Waals surface area contributed by atoms with Gasteiger partial charge in [0.05, 0.1) is 12.1 Å². The fraction of sp³-hybridized carbons (Fsp3) is 0.682. The molecule has 1 amide bonds. The normalized spacial score (nSPS) is 40.0. The Labute approximate surface area is 155 Å². The first-order valence-corrected chi connectivity index (χ1v) is 10.2. The monoisotopic (exact) mass is 355 g/mol. The van der Waals surface area contributed by atoms with E-state index in [9.17, 15) is 9.90 Å². The molecule has 5 atom stereocenters. The van der Waals surface area contributed by atoms with Crippen LogP contribution in [0.5, 0.6) is 5.75 Å². The van der Waals surface area contributed by atoms with Crippen LogP contribution in [0, 0.1) is 17.3 Å². The number of hydrogen-bond donors (Lipinski definition) is 2. The molecular formula is C22H29NO3. The van der Waals surface area contributed by atoms with Crippen LogP contribution in [0.3, 0.4) is 0 Å². The largest absolute Gasteiger partial charge is 0.488 e. The third kappa shape index (κ3) is 3.02. The van der Waals surface area contributed by atoms with E-state index in [4.69, 9.17) is 4.74 Å². The Kier molecular flexibility index (Phi) is 3.82. The molecule has 4 bridgehead atoms. The minimum absolute atomic E-state index is 0.0446. The van der Waals surface area contributed by atoms with Gasteiger partial charge in [-0.1, -0.05) is 18.2 Å². The number of rotatable bonds is 4. The lowest BCUT2D eigenvalue weighted by atomic mass is 9.47. The molecule has 4 fully saturated rings. The minimum atomic E-state index is -0.486. The zero-order chi connectivity index (χ0) is 17.8. The second-order valence-electron chi connectivity index (χ2n) is 9.55. The maximum atomic E-state index is 12.7. The molecule has 5 aliphatic rings. The van der Waals surface area contributed by atoms with Crippen LogP contribution < -0.4 is 10.1 Å². The summed E-state index contributed by atoms with van der Waals surface area (Å²) in [5.41, 5.74) is 0.820. The van der Waals surface area contributed by atoms with Crippen LogP contribution in [0.15, 0.2) is 24.3 Å². The van der Waals surface area contributed by atoms with Crippen LogP contribution in [0.2, 0.25) is 0 Å². The fourth-order valence-electron chi connectivity index (χ4n) is 6.76. The third-order valence-corrected chi connectivity index (χ3v) is 7.22. The van der Waals surface area contributed by atoms with Gasteiger partial charge >= 0.3 is 0 Å². The Balaban J connectivity index is 1.17. The average Bonchev–Trinajstić information content (AvgIpc) is 2.57. The van der Waals surface area contributed by atoms with Crippen molar-refractivity contribution in [1.82, 2.24) is 5.32 Å². The Bertz CT molecular complexity index is 701. The first kappa shape index (κ1) is 16.6. The summed E-state index contributed by atoms with van der Waals surface area (Å²) in [6.07, 6.45) is 8.88. The molecule has 4 nitrogen and oxygen atoms in total. The summed E-state index contributed by atoms with van der Waals surface area (Å²) in [5.74, 6) is 2.36. The molecule has 1 aromatic carbocycles. The highest BCUT2D eigenvalue weighted by molar-refractivity contribution is 5.76. The van der Waals surface area contributed by atoms with Gasteiger partial charge < -0.3 is 15.2 Å². The minimum Gasteiger partial charge on any atom is -0.488 e. The second-order valence-corrected chi connectivity index (χ2v) is 9.55. The quantitative estimate of drug-likeness (QED) is 0.872. The zero-order valence-corrected chi connectivity index (χ0v) is 15.4. The van der Waals surface area contributed by atoms with Crippen molar-refractivity contribution in [3.63, 3.8) is 0 Å². The molecule has 2 N–H and O–H groups in total. The molecule has 0 saturated heterocycles. The molecule has 0 spiro atoms. The summed E-state index contributed by atoms with van der Waals surface area (Å²) in [4.78, 5) is 12.7. The van der Waals surface area contributed by atoms with E-state index in [1.54, 1.807) is 0 Å². The lowest BCUT2D eigenvalue weighted by molar-refractivity contribution is -0.169. The van der Waals surface area contributed by atoms with Crippen molar-refractivity contribution < 1.29 is 14.6 Å². The van der Waals surface area contributed by atoms with Gasteiger partial charge in [0.15, 0.2) is 0 Å². The summed E-state index contributed by atoms with van der Waals surface area (Å²) in [7, 11) is 0. The van der Waals surface area contributed by atoms with Crippen LogP contribution in [0.4, 0.5) is 0 Å². The van der Waals surface area contributed by atoms with E-state index in [0.717, 1.165) is 50.7 Å². The molecule has 2 unspecified atom stereocenters. The summed E-state index contributed by atoms with van der Waals surface area (Å²) in [6, 6.07) is 8.17. The first-order chi connectivity index (χ1) is 12.5. The van der Waals surface area contributed by atoms with Crippen LogP contribution in [0.1, 0.15) is 56.9 Å². The van der Waals surface area contributed by atoms with Gasteiger partial charge in [-0.05, 0) is 80.2 Å². The Morgan fingerprint density at radius 1 is 1.19 bits per heavy atom. The fourth-order valence-corrected chi connectivity index (χ4v) is 6.76. The van der Waals surface area contributed by atoms with Gasteiger partial charge in [-0.3, -0.25) is 4.79 Å². The number of para-hydroxylation sites is 1. The zero-order valence-electron chi connectivity index (χ0n) is 15.4. The molecular weight excluding hydrogens is 326 g/mol. The molecule has 0 radical (unpaired) electrons. The number of amides is 1. The van der Waals surface area contributed by atoms with Crippen LogP contribution in [0.25, 0.3) is 0 Å². The van der Waals surface area contributed by atoms with Gasteiger partial charge in [0.25, 0.3) is 0 Å². The van der Waals surface area contributed by atoms with E-state index >= 15 is 0 Å². The van der Waals surface area contributed by atoms with Gasteiger partial charge in [0.2, 0.25) is 5.91 Å². The third-order valence-electron chi connectivity index (χ3n) is 7.22. The van der Waals surface area contributed by atoms with Crippen LogP contribution in [-0.4, -0.2) is 29.3 Å². The Morgan fingerprint density at radius 3 is 2.73 bits per heavy atom. The van der Waals surface area contributed by atoms with E-state index in [1.165, 1.54) is 12.0 Å². The average molecular weight is 355 g/mol. The predicted molar refractivity (Wildman–Crippen MR) is 98.9 cm³/mol. The van der Waals surface area contributed by atoms with Gasteiger partial charge in [0, 0.05) is 6.42 Å². The highest BCUT2D eigenvalue weighted by Gasteiger charge is 2.57. The number of benzene rings is 1. The van der Waals surface area contributed by atoms with Crippen molar-refractivity contribution >= 4 is 5.91 Å². The molecule has 1 heterocycles. The second kappa shape index (κ2) is 5.98. The molecule has 4 heteroatoms. The molecule has 26 heavy (non-hydrogen) atoms. The van der Waals surface area contributed by atoms with E-state index in [1.807, 2.05) is 18.2 Å². The number of carbonyl (C=O) groups is 1. The lowest BCUT2D eigenvalue weighted by Gasteiger charge is -2.60.